The van der Waals surface area contributed by atoms with Crippen LogP contribution in [0.2, 0.25) is 0 Å². The van der Waals surface area contributed by atoms with Crippen LogP contribution in [0.5, 0.6) is 0 Å². The first-order chi connectivity index (χ1) is 8.20. The van der Waals surface area contributed by atoms with Crippen molar-refractivity contribution in [1.29, 1.82) is 0 Å². The zero-order chi connectivity index (χ0) is 12.3. The van der Waals surface area contributed by atoms with Crippen LogP contribution in [0.3, 0.4) is 0 Å². The van der Waals surface area contributed by atoms with Crippen LogP contribution in [0, 0.1) is 5.82 Å². The Morgan fingerprint density at radius 3 is 2.65 bits per heavy atom. The Kier molecular flexibility index (Phi) is 3.61. The molecule has 0 saturated heterocycles. The van der Waals surface area contributed by atoms with E-state index in [1.54, 1.807) is 6.07 Å². The molecule has 0 spiro atoms. The summed E-state index contributed by atoms with van der Waals surface area (Å²) < 4.78 is 13.7. The molecule has 0 atom stereocenters. The van der Waals surface area contributed by atoms with Gasteiger partial charge in [0.1, 0.15) is 5.82 Å². The monoisotopic (exact) mass is 236 g/mol. The van der Waals surface area contributed by atoms with Crippen molar-refractivity contribution in [3.63, 3.8) is 0 Å². The summed E-state index contributed by atoms with van der Waals surface area (Å²) in [7, 11) is 1.49. The van der Waals surface area contributed by atoms with Gasteiger partial charge in [-0.1, -0.05) is 12.8 Å². The van der Waals surface area contributed by atoms with E-state index >= 15 is 0 Å². The van der Waals surface area contributed by atoms with Gasteiger partial charge in [0.05, 0.1) is 5.56 Å². The minimum absolute atomic E-state index is 0.0875. The van der Waals surface area contributed by atoms with E-state index in [4.69, 9.17) is 0 Å². The first-order valence-corrected chi connectivity index (χ1v) is 5.99. The zero-order valence-corrected chi connectivity index (χ0v) is 9.92. The Labute approximate surface area is 100 Å². The Bertz CT molecular complexity index is 414. The molecular formula is C13H17FN2O. The van der Waals surface area contributed by atoms with Gasteiger partial charge in [-0.05, 0) is 31.0 Å². The highest BCUT2D eigenvalue weighted by molar-refractivity contribution is 5.94. The number of benzene rings is 1. The van der Waals surface area contributed by atoms with Crippen LogP contribution in [0.15, 0.2) is 18.2 Å². The van der Waals surface area contributed by atoms with Crippen molar-refractivity contribution in [2.45, 2.75) is 31.7 Å². The van der Waals surface area contributed by atoms with E-state index in [0.717, 1.165) is 18.5 Å². The fourth-order valence-electron chi connectivity index (χ4n) is 2.23. The summed E-state index contributed by atoms with van der Waals surface area (Å²) in [6, 6.07) is 5.11. The average Bonchev–Trinajstić information content (AvgIpc) is 2.81. The lowest BCUT2D eigenvalue weighted by Gasteiger charge is -2.14. The van der Waals surface area contributed by atoms with Gasteiger partial charge in [-0.2, -0.15) is 0 Å². The Balaban J connectivity index is 2.10. The predicted molar refractivity (Wildman–Crippen MR) is 65.7 cm³/mol. The van der Waals surface area contributed by atoms with E-state index in [2.05, 4.69) is 10.6 Å². The summed E-state index contributed by atoms with van der Waals surface area (Å²) in [6.07, 6.45) is 4.74. The van der Waals surface area contributed by atoms with Crippen LogP contribution in [-0.2, 0) is 0 Å². The van der Waals surface area contributed by atoms with E-state index < -0.39 is 11.7 Å². The maximum atomic E-state index is 13.7. The topological polar surface area (TPSA) is 41.1 Å². The Hall–Kier alpha value is -1.58. The Morgan fingerprint density at radius 2 is 2.06 bits per heavy atom. The molecule has 0 aromatic heterocycles. The van der Waals surface area contributed by atoms with Gasteiger partial charge in [0.25, 0.3) is 5.91 Å². The molecule has 0 heterocycles. The average molecular weight is 236 g/mol. The molecule has 17 heavy (non-hydrogen) atoms. The third-order valence-corrected chi connectivity index (χ3v) is 3.17. The first-order valence-electron chi connectivity index (χ1n) is 5.99. The second-order valence-electron chi connectivity index (χ2n) is 4.40. The largest absolute Gasteiger partial charge is 0.382 e. The van der Waals surface area contributed by atoms with E-state index in [9.17, 15) is 9.18 Å². The summed E-state index contributed by atoms with van der Waals surface area (Å²) >= 11 is 0. The number of hydrogen-bond donors (Lipinski definition) is 2. The number of carbonyl (C=O) groups excluding carboxylic acids is 1. The lowest BCUT2D eigenvalue weighted by Crippen LogP contribution is -2.20. The molecule has 1 aliphatic carbocycles. The summed E-state index contributed by atoms with van der Waals surface area (Å²) in [6.45, 7) is 0. The SMILES string of the molecule is CNC(=O)c1ccc(NC2CCCC2)cc1F. The molecule has 1 aliphatic rings. The van der Waals surface area contributed by atoms with E-state index in [1.807, 2.05) is 0 Å². The highest BCUT2D eigenvalue weighted by Gasteiger charge is 2.16. The van der Waals surface area contributed by atoms with E-state index in [0.29, 0.717) is 6.04 Å². The maximum absolute atomic E-state index is 13.7. The molecule has 1 saturated carbocycles. The molecule has 0 unspecified atom stereocenters. The molecule has 1 aromatic rings. The summed E-state index contributed by atoms with van der Waals surface area (Å²) in [4.78, 5) is 11.3. The third-order valence-electron chi connectivity index (χ3n) is 3.17. The normalized spacial score (nSPS) is 15.9. The fraction of sp³-hybridized carbons (Fsp3) is 0.462. The van der Waals surface area contributed by atoms with Gasteiger partial charge in [0.15, 0.2) is 0 Å². The number of carbonyl (C=O) groups is 1. The molecule has 0 radical (unpaired) electrons. The van der Waals surface area contributed by atoms with Gasteiger partial charge >= 0.3 is 0 Å². The molecule has 1 amide bonds. The number of nitrogens with one attached hydrogen (secondary N) is 2. The van der Waals surface area contributed by atoms with Gasteiger partial charge in [0, 0.05) is 18.8 Å². The molecule has 3 nitrogen and oxygen atoms in total. The van der Waals surface area contributed by atoms with Crippen molar-refractivity contribution in [1.82, 2.24) is 5.32 Å². The van der Waals surface area contributed by atoms with Crippen molar-refractivity contribution in [3.8, 4) is 0 Å². The first kappa shape index (κ1) is 11.9. The summed E-state index contributed by atoms with van der Waals surface area (Å²) in [5.74, 6) is -0.873. The lowest BCUT2D eigenvalue weighted by atomic mass is 10.1. The van der Waals surface area contributed by atoms with Crippen molar-refractivity contribution in [3.05, 3.63) is 29.6 Å². The van der Waals surface area contributed by atoms with E-state index in [1.165, 1.54) is 32.0 Å². The highest BCUT2D eigenvalue weighted by Crippen LogP contribution is 2.23. The molecule has 92 valence electrons. The smallest absolute Gasteiger partial charge is 0.253 e. The summed E-state index contributed by atoms with van der Waals surface area (Å²) in [5, 5.41) is 5.71. The van der Waals surface area contributed by atoms with Crippen LogP contribution >= 0.6 is 0 Å². The molecule has 1 aromatic carbocycles. The van der Waals surface area contributed by atoms with Crippen molar-refractivity contribution >= 4 is 11.6 Å². The maximum Gasteiger partial charge on any atom is 0.253 e. The Morgan fingerprint density at radius 1 is 1.35 bits per heavy atom. The summed E-state index contributed by atoms with van der Waals surface area (Å²) in [5.41, 5.74) is 0.839. The van der Waals surface area contributed by atoms with Crippen LogP contribution in [0.4, 0.5) is 10.1 Å². The van der Waals surface area contributed by atoms with Crippen LogP contribution in [0.1, 0.15) is 36.0 Å². The molecule has 4 heteroatoms. The second kappa shape index (κ2) is 5.17. The highest BCUT2D eigenvalue weighted by atomic mass is 19.1. The fourth-order valence-corrected chi connectivity index (χ4v) is 2.23. The number of anilines is 1. The van der Waals surface area contributed by atoms with Crippen molar-refractivity contribution in [2.24, 2.45) is 0 Å². The standard InChI is InChI=1S/C13H17FN2O/c1-15-13(17)11-7-6-10(8-12(11)14)16-9-4-2-3-5-9/h6-9,16H,2-5H2,1H3,(H,15,17). The van der Waals surface area contributed by atoms with Gasteiger partial charge in [0.2, 0.25) is 0 Å². The van der Waals surface area contributed by atoms with Crippen LogP contribution < -0.4 is 10.6 Å². The quantitative estimate of drug-likeness (QED) is 0.846. The van der Waals surface area contributed by atoms with Crippen LogP contribution in [0.25, 0.3) is 0 Å². The molecule has 0 bridgehead atoms. The number of halogens is 1. The predicted octanol–water partition coefficient (Wildman–Crippen LogP) is 2.54. The zero-order valence-electron chi connectivity index (χ0n) is 9.92. The minimum Gasteiger partial charge on any atom is -0.382 e. The molecule has 2 N–H and O–H groups in total. The van der Waals surface area contributed by atoms with Gasteiger partial charge in [-0.25, -0.2) is 4.39 Å². The van der Waals surface area contributed by atoms with Crippen molar-refractivity contribution < 1.29 is 9.18 Å². The number of hydrogen-bond acceptors (Lipinski definition) is 2. The molecule has 2 rings (SSSR count). The van der Waals surface area contributed by atoms with E-state index in [-0.39, 0.29) is 5.56 Å². The van der Waals surface area contributed by atoms with Gasteiger partial charge < -0.3 is 10.6 Å². The van der Waals surface area contributed by atoms with Crippen LogP contribution in [-0.4, -0.2) is 19.0 Å². The third kappa shape index (κ3) is 2.75. The lowest BCUT2D eigenvalue weighted by molar-refractivity contribution is 0.0959. The molecule has 1 fully saturated rings. The molecular weight excluding hydrogens is 219 g/mol. The molecule has 0 aliphatic heterocycles. The minimum atomic E-state index is -0.479. The van der Waals surface area contributed by atoms with Crippen molar-refractivity contribution in [2.75, 3.05) is 12.4 Å². The van der Waals surface area contributed by atoms with Gasteiger partial charge in [-0.3, -0.25) is 4.79 Å². The second-order valence-corrected chi connectivity index (χ2v) is 4.40. The number of rotatable bonds is 3. The number of amides is 1. The van der Waals surface area contributed by atoms with Gasteiger partial charge in [-0.15, -0.1) is 0 Å².